The van der Waals surface area contributed by atoms with Gasteiger partial charge in [0.2, 0.25) is 0 Å². The number of aliphatic hydroxyl groups excluding tert-OH is 2. The van der Waals surface area contributed by atoms with Gasteiger partial charge >= 0.3 is 0 Å². The number of rotatable bonds is 4. The Kier molecular flexibility index (Phi) is 7.94. The van der Waals surface area contributed by atoms with Gasteiger partial charge < -0.3 is 26.2 Å². The van der Waals surface area contributed by atoms with E-state index in [0.29, 0.717) is 30.7 Å². The molecule has 33 heavy (non-hydrogen) atoms. The molecule has 3 aliphatic rings. The molecule has 0 unspecified atom stereocenters. The predicted molar refractivity (Wildman–Crippen MR) is 128 cm³/mol. The zero-order valence-corrected chi connectivity index (χ0v) is 20.4. The Morgan fingerprint density at radius 3 is 2.24 bits per heavy atom. The molecule has 4 rings (SSSR count). The van der Waals surface area contributed by atoms with Gasteiger partial charge in [-0.2, -0.15) is 0 Å². The molecule has 0 spiro atoms. The van der Waals surface area contributed by atoms with Crippen molar-refractivity contribution >= 4 is 5.97 Å². The van der Waals surface area contributed by atoms with E-state index in [0.717, 1.165) is 51.0 Å². The van der Waals surface area contributed by atoms with Crippen LogP contribution in [0, 0.1) is 34.5 Å². The number of fused-ring (bicyclic) bond motifs is 1. The van der Waals surface area contributed by atoms with Gasteiger partial charge in [0, 0.05) is 18.9 Å². The van der Waals surface area contributed by atoms with Gasteiger partial charge in [-0.3, -0.25) is 4.79 Å². The summed E-state index contributed by atoms with van der Waals surface area (Å²) in [5.74, 6) is 0.470. The summed E-state index contributed by atoms with van der Waals surface area (Å²) in [4.78, 5) is 9.00. The van der Waals surface area contributed by atoms with Gasteiger partial charge in [-0.15, -0.1) is 0 Å². The highest BCUT2D eigenvalue weighted by Gasteiger charge is 2.63. The molecule has 0 amide bonds. The molecule has 1 aromatic rings. The lowest BCUT2D eigenvalue weighted by Crippen LogP contribution is -2.55. The van der Waals surface area contributed by atoms with Gasteiger partial charge in [0.15, 0.2) is 0 Å². The van der Waals surface area contributed by atoms with E-state index in [4.69, 9.17) is 15.6 Å². The lowest BCUT2D eigenvalue weighted by Gasteiger charge is -2.58. The average Bonchev–Trinajstić information content (AvgIpc) is 3.07. The number of carboxylic acid groups (broad SMARTS) is 1. The van der Waals surface area contributed by atoms with Crippen molar-refractivity contribution in [2.45, 2.75) is 77.4 Å². The zero-order chi connectivity index (χ0) is 24.4. The van der Waals surface area contributed by atoms with Crippen LogP contribution in [0.5, 0.6) is 0 Å². The third-order valence-corrected chi connectivity index (χ3v) is 9.69. The molecule has 6 heteroatoms. The molecule has 0 aliphatic heterocycles. The van der Waals surface area contributed by atoms with E-state index >= 15 is 0 Å². The lowest BCUT2D eigenvalue weighted by atomic mass is 9.48. The molecule has 186 valence electrons. The molecule has 6 N–H and O–H groups in total. The summed E-state index contributed by atoms with van der Waals surface area (Å²) in [5.41, 5.74) is 6.50. The lowest BCUT2D eigenvalue weighted by molar-refractivity contribution is -0.144. The summed E-state index contributed by atoms with van der Waals surface area (Å²) in [6.45, 7) is 6.46. The van der Waals surface area contributed by atoms with E-state index in [1.807, 2.05) is 18.2 Å². The van der Waals surface area contributed by atoms with Crippen molar-refractivity contribution in [1.82, 2.24) is 0 Å². The molecule has 0 aromatic heterocycles. The monoisotopic (exact) mass is 461 g/mol. The molecule has 6 nitrogen and oxygen atoms in total. The third-order valence-electron chi connectivity index (χ3n) is 9.69. The van der Waals surface area contributed by atoms with Crippen LogP contribution < -0.4 is 5.73 Å². The van der Waals surface area contributed by atoms with Crippen molar-refractivity contribution in [1.29, 1.82) is 0 Å². The number of hydrogen-bond acceptors (Lipinski definition) is 5. The molecule has 0 bridgehead atoms. The van der Waals surface area contributed by atoms with Crippen LogP contribution >= 0.6 is 0 Å². The van der Waals surface area contributed by atoms with Crippen LogP contribution in [-0.4, -0.2) is 45.7 Å². The van der Waals surface area contributed by atoms with Crippen molar-refractivity contribution in [3.63, 3.8) is 0 Å². The SMILES string of the molecule is CC(=O)O.C[C@]1([C@H]2CC[C@@]3(C)[C@@H](CC[C@@]3(O)c3ccccc3)[C@@H]2CN)CC[C@H](O)C[C@@H]1CO. The highest BCUT2D eigenvalue weighted by molar-refractivity contribution is 5.62. The first-order valence-electron chi connectivity index (χ1n) is 12.5. The summed E-state index contributed by atoms with van der Waals surface area (Å²) in [5, 5.41) is 39.6. The summed E-state index contributed by atoms with van der Waals surface area (Å²) in [6.07, 6.45) is 5.98. The number of carboxylic acids is 1. The van der Waals surface area contributed by atoms with Crippen molar-refractivity contribution in [2.24, 2.45) is 40.2 Å². The highest BCUT2D eigenvalue weighted by Crippen LogP contribution is 2.67. The number of aliphatic carboxylic acids is 1. The maximum absolute atomic E-state index is 11.9. The van der Waals surface area contributed by atoms with E-state index < -0.39 is 11.6 Å². The van der Waals surface area contributed by atoms with Gasteiger partial charge in [-0.05, 0) is 86.1 Å². The largest absolute Gasteiger partial charge is 0.481 e. The van der Waals surface area contributed by atoms with Crippen LogP contribution in [0.4, 0.5) is 0 Å². The van der Waals surface area contributed by atoms with E-state index in [2.05, 4.69) is 26.0 Å². The van der Waals surface area contributed by atoms with Crippen LogP contribution in [-0.2, 0) is 10.4 Å². The van der Waals surface area contributed by atoms with E-state index in [1.165, 1.54) is 0 Å². The minimum Gasteiger partial charge on any atom is -0.481 e. The molecular formula is C27H43NO5. The van der Waals surface area contributed by atoms with Gasteiger partial charge in [-0.1, -0.05) is 44.2 Å². The first-order chi connectivity index (χ1) is 15.5. The summed E-state index contributed by atoms with van der Waals surface area (Å²) < 4.78 is 0. The standard InChI is InChI=1S/C25H39NO3.C2H4O2/c1-23(11-8-19(28)14-18(23)16-27)21-9-12-24(2)22(20(21)15-26)10-13-25(24,29)17-6-4-3-5-7-17;1-2(3)4/h3-7,18-22,27-29H,8-16,26H2,1-2H3;1H3,(H,3,4)/t18-,19+,20-,21+,22+,23+,24+,25-;/m1./s1. The minimum atomic E-state index is -0.833. The zero-order valence-electron chi connectivity index (χ0n) is 20.4. The smallest absolute Gasteiger partial charge is 0.300 e. The molecule has 3 fully saturated rings. The summed E-state index contributed by atoms with van der Waals surface area (Å²) in [6, 6.07) is 10.2. The first kappa shape index (κ1) is 26.1. The van der Waals surface area contributed by atoms with Gasteiger partial charge in [-0.25, -0.2) is 0 Å². The average molecular weight is 462 g/mol. The van der Waals surface area contributed by atoms with E-state index in [1.54, 1.807) is 0 Å². The summed E-state index contributed by atoms with van der Waals surface area (Å²) >= 11 is 0. The van der Waals surface area contributed by atoms with Crippen molar-refractivity contribution in [3.05, 3.63) is 35.9 Å². The van der Waals surface area contributed by atoms with E-state index in [9.17, 15) is 15.3 Å². The summed E-state index contributed by atoms with van der Waals surface area (Å²) in [7, 11) is 0. The third kappa shape index (κ3) is 4.60. The number of benzene rings is 1. The second-order valence-corrected chi connectivity index (χ2v) is 11.2. The van der Waals surface area contributed by atoms with Gasteiger partial charge in [0.1, 0.15) is 0 Å². The van der Waals surface area contributed by atoms with Crippen molar-refractivity contribution < 1.29 is 25.2 Å². The fourth-order valence-corrected chi connectivity index (χ4v) is 7.81. The Morgan fingerprint density at radius 2 is 1.67 bits per heavy atom. The van der Waals surface area contributed by atoms with Crippen molar-refractivity contribution in [3.8, 4) is 0 Å². The fourth-order valence-electron chi connectivity index (χ4n) is 7.81. The maximum atomic E-state index is 11.9. The molecule has 3 aliphatic carbocycles. The number of carbonyl (C=O) groups is 1. The quantitative estimate of drug-likeness (QED) is 0.467. The Hall–Kier alpha value is -1.47. The van der Waals surface area contributed by atoms with Gasteiger partial charge in [0.05, 0.1) is 11.7 Å². The number of nitrogens with two attached hydrogens (primary N) is 1. The number of hydrogen-bond donors (Lipinski definition) is 5. The maximum Gasteiger partial charge on any atom is 0.300 e. The Bertz CT molecular complexity index is 799. The topological polar surface area (TPSA) is 124 Å². The predicted octanol–water partition coefficient (Wildman–Crippen LogP) is 3.53. The van der Waals surface area contributed by atoms with Crippen LogP contribution in [0.3, 0.4) is 0 Å². The second-order valence-electron chi connectivity index (χ2n) is 11.2. The minimum absolute atomic E-state index is 0.00675. The Balaban J connectivity index is 0.000000709. The van der Waals surface area contributed by atoms with Crippen LogP contribution in [0.15, 0.2) is 30.3 Å². The Labute approximate surface area is 198 Å². The number of aliphatic hydroxyl groups is 3. The Morgan fingerprint density at radius 1 is 1.06 bits per heavy atom. The van der Waals surface area contributed by atoms with Crippen LogP contribution in [0.25, 0.3) is 0 Å². The van der Waals surface area contributed by atoms with Crippen molar-refractivity contribution in [2.75, 3.05) is 13.2 Å². The molecule has 0 saturated heterocycles. The van der Waals surface area contributed by atoms with Gasteiger partial charge in [0.25, 0.3) is 5.97 Å². The molecular weight excluding hydrogens is 418 g/mol. The molecule has 3 saturated carbocycles. The highest BCUT2D eigenvalue weighted by atomic mass is 16.4. The normalized spacial score (nSPS) is 42.7. The van der Waals surface area contributed by atoms with E-state index in [-0.39, 0.29) is 29.5 Å². The van der Waals surface area contributed by atoms with Crippen LogP contribution in [0.1, 0.15) is 71.3 Å². The fraction of sp³-hybridized carbons (Fsp3) is 0.741. The molecule has 0 heterocycles. The second kappa shape index (κ2) is 10.0. The molecule has 1 aromatic carbocycles. The van der Waals surface area contributed by atoms with Crippen LogP contribution in [0.2, 0.25) is 0 Å². The first-order valence-corrected chi connectivity index (χ1v) is 12.5. The molecule has 8 atom stereocenters. The molecule has 0 radical (unpaired) electrons.